The van der Waals surface area contributed by atoms with Gasteiger partial charge in [0.05, 0.1) is 48.8 Å². The smallest absolute Gasteiger partial charge is 0.362 e. The molecule has 4 nitrogen and oxygen atoms in total. The molecule has 0 aromatic carbocycles. The average molecular weight is 232 g/mol. The van der Waals surface area contributed by atoms with Crippen LogP contribution in [0.1, 0.15) is 19.3 Å². The minimum atomic E-state index is -0.683. The molecule has 0 rings (SSSR count). The highest BCUT2D eigenvalue weighted by molar-refractivity contribution is 5.72. The van der Waals surface area contributed by atoms with Gasteiger partial charge >= 0.3 is 5.97 Å². The van der Waals surface area contributed by atoms with Crippen LogP contribution in [-0.2, 0) is 4.79 Å². The van der Waals surface area contributed by atoms with Crippen LogP contribution in [-0.4, -0.2) is 74.9 Å². The van der Waals surface area contributed by atoms with E-state index < -0.39 is 5.97 Å². The van der Waals surface area contributed by atoms with Crippen molar-refractivity contribution < 1.29 is 18.9 Å². The zero-order valence-electron chi connectivity index (χ0n) is 11.7. The molecule has 0 amide bonds. The average Bonchev–Trinajstić information content (AvgIpc) is 1.97. The highest BCUT2D eigenvalue weighted by atomic mass is 16.4. The van der Waals surface area contributed by atoms with Crippen LogP contribution in [0.5, 0.6) is 0 Å². The van der Waals surface area contributed by atoms with Crippen LogP contribution in [0.4, 0.5) is 0 Å². The fraction of sp³-hybridized carbons (Fsp3) is 0.917. The van der Waals surface area contributed by atoms with Gasteiger partial charge in [0.2, 0.25) is 0 Å². The Kier molecular flexibility index (Phi) is 5.42. The third-order valence-corrected chi connectivity index (χ3v) is 2.78. The van der Waals surface area contributed by atoms with Crippen LogP contribution < -0.4 is 0 Å². The van der Waals surface area contributed by atoms with Gasteiger partial charge in [-0.25, -0.2) is 4.79 Å². The number of aliphatic carboxylic acids is 1. The van der Waals surface area contributed by atoms with Crippen LogP contribution >= 0.6 is 0 Å². The summed E-state index contributed by atoms with van der Waals surface area (Å²) in [5.41, 5.74) is 0. The van der Waals surface area contributed by atoms with Gasteiger partial charge in [0.25, 0.3) is 0 Å². The summed E-state index contributed by atoms with van der Waals surface area (Å²) < 4.78 is 1.45. The maximum absolute atomic E-state index is 11.1. The maximum Gasteiger partial charge on any atom is 0.362 e. The quantitative estimate of drug-likeness (QED) is 0.526. The lowest BCUT2D eigenvalue weighted by Gasteiger charge is -2.31. The van der Waals surface area contributed by atoms with Crippen molar-refractivity contribution in [2.24, 2.45) is 0 Å². The molecular formula is C12H28N2O2+2. The first-order valence-corrected chi connectivity index (χ1v) is 5.88. The van der Waals surface area contributed by atoms with Crippen LogP contribution in [0, 0.1) is 0 Å². The van der Waals surface area contributed by atoms with Gasteiger partial charge in [-0.2, -0.15) is 0 Å². The Bertz CT molecular complexity index is 226. The van der Waals surface area contributed by atoms with Gasteiger partial charge in [-0.1, -0.05) is 0 Å². The molecule has 0 unspecified atom stereocenters. The molecule has 0 bridgehead atoms. The van der Waals surface area contributed by atoms with Crippen LogP contribution in [0.3, 0.4) is 0 Å². The highest BCUT2D eigenvalue weighted by Crippen LogP contribution is 2.12. The van der Waals surface area contributed by atoms with Crippen molar-refractivity contribution in [2.45, 2.75) is 25.3 Å². The summed E-state index contributed by atoms with van der Waals surface area (Å²) in [6.07, 6.45) is 2.84. The second-order valence-corrected chi connectivity index (χ2v) is 6.48. The number of nitrogens with zero attached hydrogens (tertiary/aromatic N) is 2. The molecule has 4 heteroatoms. The summed E-state index contributed by atoms with van der Waals surface area (Å²) in [7, 11) is 12.3. The van der Waals surface area contributed by atoms with Gasteiger partial charge in [-0.05, 0) is 12.8 Å². The summed E-state index contributed by atoms with van der Waals surface area (Å²) in [5, 5.41) is 9.15. The maximum atomic E-state index is 11.1. The van der Waals surface area contributed by atoms with Gasteiger partial charge in [-0.3, -0.25) is 0 Å². The number of hydrogen-bond donors (Lipinski definition) is 1. The number of likely N-dealkylation sites (N-methyl/N-ethyl adjacent to an activating group) is 1. The van der Waals surface area contributed by atoms with Crippen LogP contribution in [0.15, 0.2) is 0 Å². The fourth-order valence-electron chi connectivity index (χ4n) is 1.77. The molecule has 0 saturated heterocycles. The molecule has 0 saturated carbocycles. The number of hydrogen-bond acceptors (Lipinski definition) is 1. The molecule has 0 heterocycles. The first-order valence-electron chi connectivity index (χ1n) is 5.88. The van der Waals surface area contributed by atoms with E-state index in [9.17, 15) is 4.79 Å². The van der Waals surface area contributed by atoms with Crippen molar-refractivity contribution in [3.63, 3.8) is 0 Å². The summed E-state index contributed by atoms with van der Waals surface area (Å²) >= 11 is 0. The molecule has 0 aliphatic carbocycles. The number of carboxylic acids is 1. The number of quaternary nitrogens is 2. The Morgan fingerprint density at radius 1 is 1.06 bits per heavy atom. The predicted octanol–water partition coefficient (Wildman–Crippen LogP) is 1.02. The Balaban J connectivity index is 4.02. The summed E-state index contributed by atoms with van der Waals surface area (Å²) in [6, 6.07) is -0.285. The zero-order valence-corrected chi connectivity index (χ0v) is 11.7. The standard InChI is InChI=1S/C12H27N2O2/c1-13(2,3)10-8-7-9-11(12(15)16)14(4,5)6/h11H,7-10H2,1-6H3/q+1/p+1/t11-/m0/s1. The molecule has 16 heavy (non-hydrogen) atoms. The molecule has 0 spiro atoms. The lowest BCUT2D eigenvalue weighted by atomic mass is 10.1. The molecule has 0 aliphatic heterocycles. The van der Waals surface area contributed by atoms with Gasteiger partial charge in [0.15, 0.2) is 6.04 Å². The molecule has 0 radical (unpaired) electrons. The van der Waals surface area contributed by atoms with E-state index in [1.54, 1.807) is 0 Å². The Morgan fingerprint density at radius 3 is 1.88 bits per heavy atom. The second kappa shape index (κ2) is 5.64. The number of unbranched alkanes of at least 4 members (excludes halogenated alkanes) is 1. The molecular weight excluding hydrogens is 204 g/mol. The molecule has 0 fully saturated rings. The van der Waals surface area contributed by atoms with Gasteiger partial charge in [0, 0.05) is 6.42 Å². The van der Waals surface area contributed by atoms with Crippen molar-refractivity contribution in [3.8, 4) is 0 Å². The third-order valence-electron chi connectivity index (χ3n) is 2.78. The fourth-order valence-corrected chi connectivity index (χ4v) is 1.77. The second-order valence-electron chi connectivity index (χ2n) is 6.48. The molecule has 0 aromatic heterocycles. The van der Waals surface area contributed by atoms with E-state index in [1.165, 1.54) is 0 Å². The molecule has 0 aromatic rings. The van der Waals surface area contributed by atoms with E-state index in [1.807, 2.05) is 21.1 Å². The van der Waals surface area contributed by atoms with Crippen molar-refractivity contribution in [3.05, 3.63) is 0 Å². The van der Waals surface area contributed by atoms with Crippen molar-refractivity contribution in [1.82, 2.24) is 0 Å². The van der Waals surface area contributed by atoms with Crippen molar-refractivity contribution >= 4 is 5.97 Å². The van der Waals surface area contributed by atoms with Crippen LogP contribution in [0.2, 0.25) is 0 Å². The van der Waals surface area contributed by atoms with E-state index in [0.717, 1.165) is 30.3 Å². The summed E-state index contributed by atoms with van der Waals surface area (Å²) in [4.78, 5) is 11.1. The third kappa shape index (κ3) is 6.80. The topological polar surface area (TPSA) is 37.3 Å². The lowest BCUT2D eigenvalue weighted by molar-refractivity contribution is -0.887. The largest absolute Gasteiger partial charge is 0.477 e. The van der Waals surface area contributed by atoms with E-state index in [0.29, 0.717) is 4.48 Å². The predicted molar refractivity (Wildman–Crippen MR) is 66.2 cm³/mol. The minimum Gasteiger partial charge on any atom is -0.477 e. The number of rotatable bonds is 7. The van der Waals surface area contributed by atoms with Gasteiger partial charge in [-0.15, -0.1) is 0 Å². The number of carboxylic acid groups (broad SMARTS) is 1. The lowest BCUT2D eigenvalue weighted by Crippen LogP contribution is -2.49. The van der Waals surface area contributed by atoms with Crippen molar-refractivity contribution in [1.29, 1.82) is 0 Å². The van der Waals surface area contributed by atoms with E-state index in [4.69, 9.17) is 5.11 Å². The first kappa shape index (κ1) is 15.4. The van der Waals surface area contributed by atoms with Crippen LogP contribution in [0.25, 0.3) is 0 Å². The molecule has 96 valence electrons. The normalized spacial score (nSPS) is 14.9. The summed E-state index contributed by atoms with van der Waals surface area (Å²) in [5.74, 6) is -0.683. The summed E-state index contributed by atoms with van der Waals surface area (Å²) in [6.45, 7) is 1.10. The van der Waals surface area contributed by atoms with Gasteiger partial charge < -0.3 is 14.1 Å². The Morgan fingerprint density at radius 2 is 1.56 bits per heavy atom. The monoisotopic (exact) mass is 232 g/mol. The van der Waals surface area contributed by atoms with E-state index in [-0.39, 0.29) is 6.04 Å². The minimum absolute atomic E-state index is 0.285. The van der Waals surface area contributed by atoms with E-state index >= 15 is 0 Å². The first-order chi connectivity index (χ1) is 7.04. The molecule has 0 aliphatic rings. The Hall–Kier alpha value is -0.610. The molecule has 1 N–H and O–H groups in total. The SMILES string of the molecule is C[N+](C)(C)CCCC[C@@H](C(=O)O)[N+](C)(C)C. The highest BCUT2D eigenvalue weighted by Gasteiger charge is 2.30. The molecule has 1 atom stereocenters. The van der Waals surface area contributed by atoms with E-state index in [2.05, 4.69) is 21.1 Å². The Labute approximate surface area is 99.6 Å². The van der Waals surface area contributed by atoms with Crippen molar-refractivity contribution in [2.75, 3.05) is 48.8 Å². The van der Waals surface area contributed by atoms with Gasteiger partial charge in [0.1, 0.15) is 0 Å². The number of carbonyl (C=O) groups is 1. The zero-order chi connectivity index (χ0) is 13.0.